The molecule has 1 aromatic carbocycles. The monoisotopic (exact) mass is 515 g/mol. The summed E-state index contributed by atoms with van der Waals surface area (Å²) in [7, 11) is -3.87. The first-order valence-electron chi connectivity index (χ1n) is 11.0. The van der Waals surface area contributed by atoms with E-state index in [-0.39, 0.29) is 10.5 Å². The summed E-state index contributed by atoms with van der Waals surface area (Å²) in [6.07, 6.45) is 6.23. The average molecular weight is 516 g/mol. The van der Waals surface area contributed by atoms with Gasteiger partial charge in [0.1, 0.15) is 5.52 Å². The largest absolute Gasteiger partial charge is 0.388 e. The normalized spacial score (nSPS) is 12.2. The van der Waals surface area contributed by atoms with Crippen molar-refractivity contribution in [1.82, 2.24) is 23.8 Å². The van der Waals surface area contributed by atoms with Crippen molar-refractivity contribution in [3.8, 4) is 16.8 Å². The van der Waals surface area contributed by atoms with E-state index in [0.717, 1.165) is 9.75 Å². The molecule has 0 saturated heterocycles. The SMILES string of the molecule is Cc1ccc(-c2nc3cnc4c(ccn4S(=O)(=O)c4ccccc4)c3n2/C(C=N)=C/NCCC#N)s1. The molecule has 4 heterocycles. The smallest absolute Gasteiger partial charge is 0.269 e. The van der Waals surface area contributed by atoms with Crippen molar-refractivity contribution in [2.24, 2.45) is 0 Å². The number of aryl methyl sites for hydroxylation is 1. The molecule has 36 heavy (non-hydrogen) atoms. The van der Waals surface area contributed by atoms with Gasteiger partial charge in [-0.25, -0.2) is 22.4 Å². The molecule has 0 aliphatic rings. The molecular formula is C25H21N7O2S2. The van der Waals surface area contributed by atoms with Gasteiger partial charge in [0, 0.05) is 35.4 Å². The van der Waals surface area contributed by atoms with E-state index in [1.807, 2.05) is 23.6 Å². The minimum absolute atomic E-state index is 0.162. The summed E-state index contributed by atoms with van der Waals surface area (Å²) in [6, 6.07) is 16.0. The lowest BCUT2D eigenvalue weighted by Gasteiger charge is -2.11. The van der Waals surface area contributed by atoms with E-state index in [2.05, 4.69) is 16.4 Å². The Morgan fingerprint density at radius 1 is 1.22 bits per heavy atom. The van der Waals surface area contributed by atoms with Crippen molar-refractivity contribution in [1.29, 1.82) is 10.7 Å². The highest BCUT2D eigenvalue weighted by molar-refractivity contribution is 7.90. The van der Waals surface area contributed by atoms with Crippen LogP contribution in [-0.4, -0.2) is 39.7 Å². The van der Waals surface area contributed by atoms with Gasteiger partial charge in [0.2, 0.25) is 0 Å². The number of aromatic nitrogens is 4. The Balaban J connectivity index is 1.78. The zero-order chi connectivity index (χ0) is 25.3. The molecule has 4 aromatic heterocycles. The van der Waals surface area contributed by atoms with E-state index >= 15 is 0 Å². The number of hydrogen-bond acceptors (Lipinski definition) is 8. The van der Waals surface area contributed by atoms with Crippen LogP contribution in [0.1, 0.15) is 11.3 Å². The summed E-state index contributed by atoms with van der Waals surface area (Å²) in [5.41, 5.74) is 1.97. The zero-order valence-corrected chi connectivity index (χ0v) is 20.8. The van der Waals surface area contributed by atoms with Crippen molar-refractivity contribution in [3.05, 3.63) is 72.0 Å². The summed E-state index contributed by atoms with van der Waals surface area (Å²) in [5.74, 6) is 0.618. The topological polar surface area (TPSA) is 129 Å². The van der Waals surface area contributed by atoms with Crippen LogP contribution in [0.2, 0.25) is 0 Å². The lowest BCUT2D eigenvalue weighted by molar-refractivity contribution is 0.589. The second kappa shape index (κ2) is 9.41. The molecule has 5 rings (SSSR count). The molecule has 0 aliphatic heterocycles. The number of benzene rings is 1. The fourth-order valence-corrected chi connectivity index (χ4v) is 6.14. The van der Waals surface area contributed by atoms with Crippen molar-refractivity contribution < 1.29 is 8.42 Å². The highest BCUT2D eigenvalue weighted by Gasteiger charge is 2.24. The molecule has 0 atom stereocenters. The van der Waals surface area contributed by atoms with Gasteiger partial charge in [-0.2, -0.15) is 5.26 Å². The van der Waals surface area contributed by atoms with Crippen LogP contribution < -0.4 is 5.32 Å². The third-order valence-electron chi connectivity index (χ3n) is 5.59. The predicted molar refractivity (Wildman–Crippen MR) is 141 cm³/mol. The summed E-state index contributed by atoms with van der Waals surface area (Å²) in [4.78, 5) is 11.5. The zero-order valence-electron chi connectivity index (χ0n) is 19.2. The molecule has 5 aromatic rings. The molecule has 9 nitrogen and oxygen atoms in total. The van der Waals surface area contributed by atoms with E-state index in [1.54, 1.807) is 60.1 Å². The van der Waals surface area contributed by atoms with Gasteiger partial charge in [0.15, 0.2) is 11.5 Å². The summed E-state index contributed by atoms with van der Waals surface area (Å²) in [6.45, 7) is 2.43. The van der Waals surface area contributed by atoms with Gasteiger partial charge in [0.05, 0.1) is 39.7 Å². The lowest BCUT2D eigenvalue weighted by Crippen LogP contribution is -2.12. The van der Waals surface area contributed by atoms with E-state index in [1.165, 1.54) is 16.4 Å². The number of allylic oxidation sites excluding steroid dienone is 1. The Kier molecular flexibility index (Phi) is 6.13. The maximum absolute atomic E-state index is 13.4. The Labute approximate surface area is 211 Å². The molecule has 0 spiro atoms. The predicted octanol–water partition coefficient (Wildman–Crippen LogP) is 4.61. The van der Waals surface area contributed by atoms with Gasteiger partial charge in [-0.1, -0.05) is 18.2 Å². The first-order valence-corrected chi connectivity index (χ1v) is 13.3. The molecule has 11 heteroatoms. The van der Waals surface area contributed by atoms with Gasteiger partial charge in [-0.3, -0.25) is 4.57 Å². The maximum atomic E-state index is 13.4. The van der Waals surface area contributed by atoms with Crippen LogP contribution >= 0.6 is 11.3 Å². The second-order valence-corrected chi connectivity index (χ2v) is 11.0. The number of nitrogens with one attached hydrogen (secondary N) is 2. The quantitative estimate of drug-likeness (QED) is 0.229. The van der Waals surface area contributed by atoms with Crippen LogP contribution in [-0.2, 0) is 10.0 Å². The Morgan fingerprint density at radius 3 is 2.72 bits per heavy atom. The molecule has 2 N–H and O–H groups in total. The van der Waals surface area contributed by atoms with E-state index in [0.29, 0.717) is 40.9 Å². The van der Waals surface area contributed by atoms with E-state index in [9.17, 15) is 8.42 Å². The third-order valence-corrected chi connectivity index (χ3v) is 8.27. The van der Waals surface area contributed by atoms with Gasteiger partial charge in [-0.15, -0.1) is 11.3 Å². The highest BCUT2D eigenvalue weighted by atomic mass is 32.2. The molecule has 0 aliphatic carbocycles. The minimum atomic E-state index is -3.87. The van der Waals surface area contributed by atoms with Crippen LogP contribution in [0.4, 0.5) is 0 Å². The standard InChI is InChI=1S/C25H21N7O2S2/c1-17-8-9-22(35-17)25-30-21-16-29-24-20(23(21)32(25)18(14-27)15-28-12-5-11-26)10-13-31(24)36(33,34)19-6-3-2-4-7-19/h2-4,6-10,13-16,27-28H,5,12H2,1H3/b18-15+,27-14?. The summed E-state index contributed by atoms with van der Waals surface area (Å²) >= 11 is 1.57. The molecule has 180 valence electrons. The molecule has 0 bridgehead atoms. The van der Waals surface area contributed by atoms with Gasteiger partial charge < -0.3 is 10.7 Å². The number of imidazole rings is 1. The van der Waals surface area contributed by atoms with Crippen LogP contribution in [0.15, 0.2) is 72.0 Å². The Hall–Kier alpha value is -4.27. The first kappa shape index (κ1) is 23.5. The van der Waals surface area contributed by atoms with E-state index in [4.69, 9.17) is 15.7 Å². The van der Waals surface area contributed by atoms with Crippen molar-refractivity contribution >= 4 is 55.3 Å². The molecule has 0 fully saturated rings. The van der Waals surface area contributed by atoms with Crippen LogP contribution in [0.3, 0.4) is 0 Å². The molecule has 0 amide bonds. The van der Waals surface area contributed by atoms with Crippen LogP contribution in [0.25, 0.3) is 38.5 Å². The number of fused-ring (bicyclic) bond motifs is 3. The Bertz CT molecular complexity index is 1770. The number of thiophene rings is 1. The number of hydrogen-bond donors (Lipinski definition) is 2. The summed E-state index contributed by atoms with van der Waals surface area (Å²) in [5, 5.41) is 20.6. The first-order chi connectivity index (χ1) is 17.5. The van der Waals surface area contributed by atoms with Crippen LogP contribution in [0, 0.1) is 23.7 Å². The lowest BCUT2D eigenvalue weighted by atomic mass is 10.3. The summed E-state index contributed by atoms with van der Waals surface area (Å²) < 4.78 is 29.7. The Morgan fingerprint density at radius 2 is 2.03 bits per heavy atom. The molecule has 0 unspecified atom stereocenters. The number of nitriles is 1. The molecule has 0 saturated carbocycles. The van der Waals surface area contributed by atoms with E-state index < -0.39 is 10.0 Å². The van der Waals surface area contributed by atoms with Crippen LogP contribution in [0.5, 0.6) is 0 Å². The molecule has 0 radical (unpaired) electrons. The average Bonchev–Trinajstić information content (AvgIpc) is 3.61. The van der Waals surface area contributed by atoms with Gasteiger partial charge >= 0.3 is 0 Å². The van der Waals surface area contributed by atoms with Gasteiger partial charge in [0.25, 0.3) is 10.0 Å². The number of nitrogens with zero attached hydrogens (tertiary/aromatic N) is 5. The van der Waals surface area contributed by atoms with Crippen molar-refractivity contribution in [3.63, 3.8) is 0 Å². The van der Waals surface area contributed by atoms with Crippen molar-refractivity contribution in [2.75, 3.05) is 6.54 Å². The van der Waals surface area contributed by atoms with Gasteiger partial charge in [-0.05, 0) is 37.3 Å². The molecular weight excluding hydrogens is 494 g/mol. The number of pyridine rings is 1. The fraction of sp³-hybridized carbons (Fsp3) is 0.120. The maximum Gasteiger partial charge on any atom is 0.269 e. The van der Waals surface area contributed by atoms with Crippen molar-refractivity contribution in [2.45, 2.75) is 18.2 Å². The second-order valence-electron chi connectivity index (χ2n) is 7.92. The highest BCUT2D eigenvalue weighted by Crippen LogP contribution is 2.35. The third kappa shape index (κ3) is 3.96. The number of rotatable bonds is 8. The fourth-order valence-electron chi connectivity index (χ4n) is 3.97. The minimum Gasteiger partial charge on any atom is -0.388 e.